The fraction of sp³-hybridized carbons (Fsp3) is 0.250. The second kappa shape index (κ2) is 9.44. The highest BCUT2D eigenvalue weighted by molar-refractivity contribution is 7.97. The zero-order chi connectivity index (χ0) is 23.6. The summed E-state index contributed by atoms with van der Waals surface area (Å²) in [4.78, 5) is 27.3. The molecule has 1 N–H and O–H groups in total. The van der Waals surface area contributed by atoms with Crippen molar-refractivity contribution >= 4 is 34.6 Å². The van der Waals surface area contributed by atoms with E-state index in [4.69, 9.17) is 5.11 Å². The minimum Gasteiger partial charge on any atom is -0.481 e. The van der Waals surface area contributed by atoms with Crippen molar-refractivity contribution in [2.24, 2.45) is 0 Å². The third-order valence-corrected chi connectivity index (χ3v) is 6.54. The molecule has 0 spiro atoms. The number of nitrogens with zero attached hydrogens (tertiary/aromatic N) is 2. The van der Waals surface area contributed by atoms with Crippen molar-refractivity contribution < 1.29 is 27.9 Å². The van der Waals surface area contributed by atoms with Crippen molar-refractivity contribution in [2.75, 3.05) is 26.2 Å². The highest BCUT2D eigenvalue weighted by atomic mass is 32.2. The molecule has 1 amide bonds. The summed E-state index contributed by atoms with van der Waals surface area (Å²) in [6.07, 6.45) is -4.87. The smallest absolute Gasteiger partial charge is 0.416 e. The molecular weight excluding hydrogens is 453 g/mol. The van der Waals surface area contributed by atoms with Gasteiger partial charge < -0.3 is 10.0 Å². The number of halogens is 3. The Kier molecular flexibility index (Phi) is 6.62. The molecule has 0 aliphatic carbocycles. The lowest BCUT2D eigenvalue weighted by Gasteiger charge is -2.34. The Balaban J connectivity index is 1.60. The molecule has 1 aliphatic rings. The number of amides is 1. The van der Waals surface area contributed by atoms with Gasteiger partial charge in [0.05, 0.1) is 12.0 Å². The summed E-state index contributed by atoms with van der Waals surface area (Å²) in [5, 5.41) is 9.74. The van der Waals surface area contributed by atoms with E-state index in [2.05, 4.69) is 4.31 Å². The van der Waals surface area contributed by atoms with Gasteiger partial charge in [-0.2, -0.15) is 13.2 Å². The van der Waals surface area contributed by atoms with Crippen LogP contribution in [0.4, 0.5) is 13.2 Å². The van der Waals surface area contributed by atoms with Crippen LogP contribution in [0.15, 0.2) is 65.6 Å². The lowest BCUT2D eigenvalue weighted by molar-refractivity contribution is -0.138. The van der Waals surface area contributed by atoms with Gasteiger partial charge in [0.25, 0.3) is 5.91 Å². The fourth-order valence-electron chi connectivity index (χ4n) is 3.83. The van der Waals surface area contributed by atoms with Crippen LogP contribution in [-0.2, 0) is 17.4 Å². The van der Waals surface area contributed by atoms with Crippen LogP contribution in [0.1, 0.15) is 21.5 Å². The van der Waals surface area contributed by atoms with Crippen molar-refractivity contribution in [2.45, 2.75) is 17.5 Å². The van der Waals surface area contributed by atoms with E-state index < -0.39 is 23.6 Å². The van der Waals surface area contributed by atoms with E-state index >= 15 is 0 Å². The number of hydrogen-bond donors (Lipinski definition) is 1. The standard InChI is InChI=1S/C24H21F3N2O3S/c25-24(26,27)18-7-6-17-12-16(14-22(30)31)13-21(20(17)15-18)23(32)28-8-10-29(11-9-28)33-19-4-2-1-3-5-19/h1-7,12-13,15H,8-11,14H2,(H,30,31). The molecular formula is C24H21F3N2O3S. The number of alkyl halides is 3. The molecule has 4 rings (SSSR count). The molecule has 3 aromatic carbocycles. The molecule has 33 heavy (non-hydrogen) atoms. The van der Waals surface area contributed by atoms with Crippen LogP contribution >= 0.6 is 11.9 Å². The van der Waals surface area contributed by atoms with E-state index in [-0.39, 0.29) is 17.4 Å². The Morgan fingerprint density at radius 2 is 1.64 bits per heavy atom. The average Bonchev–Trinajstić information content (AvgIpc) is 2.78. The van der Waals surface area contributed by atoms with Crippen LogP contribution in [0.5, 0.6) is 0 Å². The molecule has 1 saturated heterocycles. The van der Waals surface area contributed by atoms with E-state index in [0.717, 1.165) is 17.0 Å². The normalized spacial score (nSPS) is 15.1. The number of aliphatic carboxylic acids is 1. The fourth-order valence-corrected chi connectivity index (χ4v) is 4.76. The summed E-state index contributed by atoms with van der Waals surface area (Å²) in [7, 11) is 0. The van der Waals surface area contributed by atoms with Crippen LogP contribution in [-0.4, -0.2) is 52.4 Å². The summed E-state index contributed by atoms with van der Waals surface area (Å²) >= 11 is 1.60. The Labute approximate surface area is 192 Å². The van der Waals surface area contributed by atoms with Gasteiger partial charge in [0, 0.05) is 36.6 Å². The number of piperazine rings is 1. The van der Waals surface area contributed by atoms with Gasteiger partial charge in [-0.15, -0.1) is 0 Å². The number of carboxylic acid groups (broad SMARTS) is 1. The quantitative estimate of drug-likeness (QED) is 0.531. The molecule has 172 valence electrons. The van der Waals surface area contributed by atoms with Crippen LogP contribution in [0.3, 0.4) is 0 Å². The summed E-state index contributed by atoms with van der Waals surface area (Å²) < 4.78 is 42.0. The Hall–Kier alpha value is -3.04. The number of carbonyl (C=O) groups excluding carboxylic acids is 1. The molecule has 0 unspecified atom stereocenters. The number of carbonyl (C=O) groups is 2. The van der Waals surface area contributed by atoms with E-state index in [1.54, 1.807) is 16.8 Å². The second-order valence-corrected chi connectivity index (χ2v) is 8.94. The van der Waals surface area contributed by atoms with E-state index in [1.807, 2.05) is 30.3 Å². The van der Waals surface area contributed by atoms with Crippen LogP contribution < -0.4 is 0 Å². The average molecular weight is 475 g/mol. The summed E-state index contributed by atoms with van der Waals surface area (Å²) in [5.41, 5.74) is -0.380. The van der Waals surface area contributed by atoms with Crippen molar-refractivity contribution in [1.82, 2.24) is 9.21 Å². The van der Waals surface area contributed by atoms with Gasteiger partial charge in [-0.3, -0.25) is 9.59 Å². The first-order chi connectivity index (χ1) is 15.7. The third-order valence-electron chi connectivity index (χ3n) is 5.43. The Bertz CT molecular complexity index is 1180. The second-order valence-electron chi connectivity index (χ2n) is 7.77. The zero-order valence-corrected chi connectivity index (χ0v) is 18.3. The molecule has 0 bridgehead atoms. The van der Waals surface area contributed by atoms with Crippen molar-refractivity contribution in [1.29, 1.82) is 0 Å². The lowest BCUT2D eigenvalue weighted by Crippen LogP contribution is -2.46. The Morgan fingerprint density at radius 3 is 2.27 bits per heavy atom. The van der Waals surface area contributed by atoms with E-state index in [1.165, 1.54) is 18.2 Å². The number of hydrogen-bond acceptors (Lipinski definition) is 4. The predicted octanol–water partition coefficient (Wildman–Crippen LogP) is 4.95. The van der Waals surface area contributed by atoms with Crippen molar-refractivity contribution in [3.05, 3.63) is 77.4 Å². The highest BCUT2D eigenvalue weighted by Crippen LogP contribution is 2.33. The first-order valence-electron chi connectivity index (χ1n) is 10.3. The molecule has 3 aromatic rings. The first kappa shape index (κ1) is 23.1. The van der Waals surface area contributed by atoms with Gasteiger partial charge >= 0.3 is 12.1 Å². The predicted molar refractivity (Wildman–Crippen MR) is 120 cm³/mol. The molecule has 0 saturated carbocycles. The minimum atomic E-state index is -4.55. The lowest BCUT2D eigenvalue weighted by atomic mass is 9.96. The first-order valence-corrected chi connectivity index (χ1v) is 11.1. The maximum Gasteiger partial charge on any atom is 0.416 e. The maximum atomic E-state index is 13.3. The van der Waals surface area contributed by atoms with Crippen LogP contribution in [0.2, 0.25) is 0 Å². The van der Waals surface area contributed by atoms with E-state index in [0.29, 0.717) is 37.1 Å². The van der Waals surface area contributed by atoms with Crippen LogP contribution in [0, 0.1) is 0 Å². The molecule has 9 heteroatoms. The van der Waals surface area contributed by atoms with Gasteiger partial charge in [-0.05, 0) is 58.6 Å². The number of benzene rings is 3. The van der Waals surface area contributed by atoms with Gasteiger partial charge in [0.15, 0.2) is 0 Å². The van der Waals surface area contributed by atoms with Crippen molar-refractivity contribution in [3.8, 4) is 0 Å². The summed E-state index contributed by atoms with van der Waals surface area (Å²) in [5.74, 6) is -1.47. The zero-order valence-electron chi connectivity index (χ0n) is 17.5. The largest absolute Gasteiger partial charge is 0.481 e. The van der Waals surface area contributed by atoms with Gasteiger partial charge in [0.2, 0.25) is 0 Å². The summed E-state index contributed by atoms with van der Waals surface area (Å²) in [6, 6.07) is 16.0. The molecule has 1 fully saturated rings. The van der Waals surface area contributed by atoms with E-state index in [9.17, 15) is 22.8 Å². The molecule has 0 atom stereocenters. The van der Waals surface area contributed by atoms with Gasteiger partial charge in [-0.25, -0.2) is 4.31 Å². The maximum absolute atomic E-state index is 13.3. The molecule has 0 radical (unpaired) electrons. The third kappa shape index (κ3) is 5.48. The van der Waals surface area contributed by atoms with Crippen LogP contribution in [0.25, 0.3) is 10.8 Å². The monoisotopic (exact) mass is 474 g/mol. The topological polar surface area (TPSA) is 60.9 Å². The molecule has 1 heterocycles. The molecule has 0 aromatic heterocycles. The van der Waals surface area contributed by atoms with Crippen molar-refractivity contribution in [3.63, 3.8) is 0 Å². The number of fused-ring (bicyclic) bond motifs is 1. The molecule has 5 nitrogen and oxygen atoms in total. The SMILES string of the molecule is O=C(O)Cc1cc(C(=O)N2CCN(Sc3ccccc3)CC2)c2cc(C(F)(F)F)ccc2c1. The Morgan fingerprint density at radius 1 is 0.939 bits per heavy atom. The summed E-state index contributed by atoms with van der Waals surface area (Å²) in [6.45, 7) is 2.04. The molecule has 1 aliphatic heterocycles. The van der Waals surface area contributed by atoms with Gasteiger partial charge in [-0.1, -0.05) is 30.3 Å². The minimum absolute atomic E-state index is 0.0963. The number of carboxylic acids is 1. The number of rotatable bonds is 5. The highest BCUT2D eigenvalue weighted by Gasteiger charge is 2.31. The van der Waals surface area contributed by atoms with Gasteiger partial charge in [0.1, 0.15) is 0 Å².